The highest BCUT2D eigenvalue weighted by atomic mass is 19.2. The first-order chi connectivity index (χ1) is 14.2. The van der Waals surface area contributed by atoms with Crippen molar-refractivity contribution < 1.29 is 14.0 Å². The van der Waals surface area contributed by atoms with E-state index in [2.05, 4.69) is 0 Å². The molecule has 3 aromatic carbocycles. The fourth-order valence-corrected chi connectivity index (χ4v) is 3.64. The van der Waals surface area contributed by atoms with E-state index in [0.29, 0.717) is 28.0 Å². The molecule has 0 bridgehead atoms. The summed E-state index contributed by atoms with van der Waals surface area (Å²) in [5.74, 6) is -0.706. The minimum absolute atomic E-state index is 0.0940. The minimum atomic E-state index is -0.706. The molecule has 0 saturated carbocycles. The van der Waals surface area contributed by atoms with Gasteiger partial charge in [-0.15, -0.1) is 0 Å². The highest BCUT2D eigenvalue weighted by molar-refractivity contribution is 5.99. The molecule has 0 aliphatic rings. The highest BCUT2D eigenvalue weighted by Gasteiger charge is 2.29. The second-order valence-corrected chi connectivity index (χ2v) is 6.72. The third-order valence-electron chi connectivity index (χ3n) is 4.93. The van der Waals surface area contributed by atoms with Gasteiger partial charge in [-0.2, -0.15) is 4.79 Å². The van der Waals surface area contributed by atoms with E-state index in [-0.39, 0.29) is 5.69 Å². The van der Waals surface area contributed by atoms with E-state index in [1.807, 2.05) is 91.0 Å². The van der Waals surface area contributed by atoms with E-state index in [1.54, 1.807) is 0 Å². The van der Waals surface area contributed by atoms with Gasteiger partial charge in [0.25, 0.3) is 0 Å². The zero-order chi connectivity index (χ0) is 20.2. The van der Waals surface area contributed by atoms with Gasteiger partial charge in [0.05, 0.1) is 12.8 Å². The van der Waals surface area contributed by atoms with Crippen molar-refractivity contribution in [3.05, 3.63) is 108 Å². The largest absolute Gasteiger partial charge is 0.464 e. The number of benzene rings is 3. The van der Waals surface area contributed by atoms with Gasteiger partial charge in [-0.3, -0.25) is 0 Å². The third kappa shape index (κ3) is 3.57. The standard InChI is InChI=1S/C25H20FNO2/c1-29-25(28)24-22(19-13-7-3-8-14-19)21(17-18-11-5-2-6-12-18)23(27(24)26)20-15-9-4-10-16-20/h2-16H,17H2,1H3. The van der Waals surface area contributed by atoms with Crippen LogP contribution in [0.2, 0.25) is 0 Å². The first-order valence-electron chi connectivity index (χ1n) is 9.37. The van der Waals surface area contributed by atoms with Gasteiger partial charge >= 0.3 is 5.97 Å². The predicted molar refractivity (Wildman–Crippen MR) is 112 cm³/mol. The molecule has 3 nitrogen and oxygen atoms in total. The average molecular weight is 385 g/mol. The van der Waals surface area contributed by atoms with Crippen molar-refractivity contribution in [1.29, 1.82) is 0 Å². The lowest BCUT2D eigenvalue weighted by atomic mass is 9.93. The summed E-state index contributed by atoms with van der Waals surface area (Å²) in [6.45, 7) is 0. The van der Waals surface area contributed by atoms with Crippen LogP contribution in [0.15, 0.2) is 91.0 Å². The van der Waals surface area contributed by atoms with E-state index < -0.39 is 5.97 Å². The van der Waals surface area contributed by atoms with Crippen molar-refractivity contribution in [2.45, 2.75) is 6.42 Å². The van der Waals surface area contributed by atoms with E-state index in [0.717, 1.165) is 16.7 Å². The number of hydrogen-bond acceptors (Lipinski definition) is 2. The lowest BCUT2D eigenvalue weighted by Crippen LogP contribution is -2.07. The SMILES string of the molecule is COC(=O)c1c(-c2ccccc2)c(Cc2ccccc2)c(-c2ccccc2)n1F. The molecule has 0 spiro atoms. The van der Waals surface area contributed by atoms with Crippen LogP contribution in [0.5, 0.6) is 0 Å². The number of nitrogens with zero attached hydrogens (tertiary/aromatic N) is 1. The zero-order valence-corrected chi connectivity index (χ0v) is 16.0. The lowest BCUT2D eigenvalue weighted by Gasteiger charge is -2.09. The van der Waals surface area contributed by atoms with Crippen molar-refractivity contribution in [3.8, 4) is 22.4 Å². The van der Waals surface area contributed by atoms with Crippen LogP contribution in [0, 0.1) is 0 Å². The van der Waals surface area contributed by atoms with Crippen molar-refractivity contribution in [1.82, 2.24) is 4.79 Å². The second-order valence-electron chi connectivity index (χ2n) is 6.72. The van der Waals surface area contributed by atoms with Gasteiger partial charge in [0, 0.05) is 17.5 Å². The lowest BCUT2D eigenvalue weighted by molar-refractivity contribution is 0.0578. The summed E-state index contributed by atoms with van der Waals surface area (Å²) in [4.78, 5) is 13.1. The number of rotatable bonds is 5. The van der Waals surface area contributed by atoms with Crippen LogP contribution in [0.25, 0.3) is 22.4 Å². The molecular formula is C25H20FNO2. The van der Waals surface area contributed by atoms with Gasteiger partial charge in [-0.05, 0) is 16.7 Å². The monoisotopic (exact) mass is 385 g/mol. The first-order valence-corrected chi connectivity index (χ1v) is 9.37. The number of esters is 1. The number of hydrogen-bond donors (Lipinski definition) is 0. The number of aromatic nitrogens is 1. The molecule has 1 aromatic heterocycles. The number of halogens is 1. The van der Waals surface area contributed by atoms with Crippen LogP contribution < -0.4 is 0 Å². The third-order valence-corrected chi connectivity index (χ3v) is 4.93. The Bertz CT molecular complexity index is 1120. The molecule has 0 fully saturated rings. The fraction of sp³-hybridized carbons (Fsp3) is 0.0800. The Balaban J connectivity index is 2.05. The zero-order valence-electron chi connectivity index (χ0n) is 16.0. The summed E-state index contributed by atoms with van der Waals surface area (Å²) >= 11 is 0. The first kappa shape index (κ1) is 18.7. The normalized spacial score (nSPS) is 10.7. The summed E-state index contributed by atoms with van der Waals surface area (Å²) in [6.07, 6.45) is 0.482. The highest BCUT2D eigenvalue weighted by Crippen LogP contribution is 2.40. The van der Waals surface area contributed by atoms with Crippen molar-refractivity contribution in [2.24, 2.45) is 0 Å². The number of carbonyl (C=O) groups excluding carboxylic acids is 1. The molecule has 0 atom stereocenters. The van der Waals surface area contributed by atoms with E-state index >= 15 is 4.48 Å². The molecule has 4 heteroatoms. The smallest absolute Gasteiger partial charge is 0.358 e. The number of ether oxygens (including phenoxy) is 1. The van der Waals surface area contributed by atoms with E-state index in [9.17, 15) is 4.79 Å². The van der Waals surface area contributed by atoms with Crippen LogP contribution in [0.1, 0.15) is 21.6 Å². The van der Waals surface area contributed by atoms with Gasteiger partial charge in [-0.25, -0.2) is 4.79 Å². The molecule has 0 N–H and O–H groups in total. The molecular weight excluding hydrogens is 365 g/mol. The predicted octanol–water partition coefficient (Wildman–Crippen LogP) is 5.93. The molecule has 4 aromatic rings. The molecule has 0 amide bonds. The maximum atomic E-state index is 15.7. The summed E-state index contributed by atoms with van der Waals surface area (Å²) in [5.41, 5.74) is 4.08. The van der Waals surface area contributed by atoms with E-state index in [4.69, 9.17) is 4.74 Å². The summed E-state index contributed by atoms with van der Waals surface area (Å²) in [6, 6.07) is 28.5. The van der Waals surface area contributed by atoms with E-state index in [1.165, 1.54) is 7.11 Å². The van der Waals surface area contributed by atoms with Gasteiger partial charge < -0.3 is 4.74 Å². The maximum absolute atomic E-state index is 15.7. The summed E-state index contributed by atoms with van der Waals surface area (Å²) in [7, 11) is 1.27. The van der Waals surface area contributed by atoms with Gasteiger partial charge in [0.15, 0.2) is 5.69 Å². The van der Waals surface area contributed by atoms with Crippen LogP contribution in [0.4, 0.5) is 4.48 Å². The van der Waals surface area contributed by atoms with Gasteiger partial charge in [-0.1, -0.05) is 95.5 Å². The fourth-order valence-electron chi connectivity index (χ4n) is 3.64. The quantitative estimate of drug-likeness (QED) is 0.399. The van der Waals surface area contributed by atoms with Crippen LogP contribution in [0.3, 0.4) is 0 Å². The number of carbonyl (C=O) groups is 1. The Morgan fingerprint density at radius 3 is 1.90 bits per heavy atom. The van der Waals surface area contributed by atoms with Crippen molar-refractivity contribution >= 4 is 5.97 Å². The molecule has 4 rings (SSSR count). The Morgan fingerprint density at radius 1 is 0.828 bits per heavy atom. The Labute approximate surface area is 168 Å². The topological polar surface area (TPSA) is 31.2 Å². The van der Waals surface area contributed by atoms with Crippen LogP contribution in [-0.2, 0) is 11.2 Å². The Morgan fingerprint density at radius 2 is 1.34 bits per heavy atom. The molecule has 29 heavy (non-hydrogen) atoms. The van der Waals surface area contributed by atoms with Gasteiger partial charge in [0.1, 0.15) is 0 Å². The molecule has 0 saturated heterocycles. The molecule has 0 radical (unpaired) electrons. The molecule has 0 aliphatic carbocycles. The molecule has 144 valence electrons. The molecule has 0 aliphatic heterocycles. The Hall–Kier alpha value is -3.66. The minimum Gasteiger partial charge on any atom is -0.464 e. The summed E-state index contributed by atoms with van der Waals surface area (Å²) < 4.78 is 20.6. The maximum Gasteiger partial charge on any atom is 0.358 e. The number of methoxy groups -OCH3 is 1. The molecule has 1 heterocycles. The summed E-state index contributed by atoms with van der Waals surface area (Å²) in [5, 5.41) is 0. The van der Waals surface area contributed by atoms with Crippen molar-refractivity contribution in [2.75, 3.05) is 7.11 Å². The average Bonchev–Trinajstić information content (AvgIpc) is 3.06. The van der Waals surface area contributed by atoms with Crippen molar-refractivity contribution in [3.63, 3.8) is 0 Å². The van der Waals surface area contributed by atoms with Gasteiger partial charge in [0.2, 0.25) is 0 Å². The second kappa shape index (κ2) is 8.15. The van der Waals surface area contributed by atoms with Crippen LogP contribution in [-0.4, -0.2) is 17.9 Å². The Kier molecular flexibility index (Phi) is 5.25. The molecule has 0 unspecified atom stereocenters. The van der Waals surface area contributed by atoms with Crippen LogP contribution >= 0.6 is 0 Å².